The number of thiocarbonyl (C=S) groups is 1. The summed E-state index contributed by atoms with van der Waals surface area (Å²) < 4.78 is 7.57. The lowest BCUT2D eigenvalue weighted by Crippen LogP contribution is -2.45. The van der Waals surface area contributed by atoms with Gasteiger partial charge in [-0.05, 0) is 72.3 Å². The average Bonchev–Trinajstić information content (AvgIpc) is 2.74. The molecule has 30 heavy (non-hydrogen) atoms. The van der Waals surface area contributed by atoms with Gasteiger partial charge >= 0.3 is 0 Å². The van der Waals surface area contributed by atoms with Gasteiger partial charge in [-0.3, -0.25) is 20.4 Å². The van der Waals surface area contributed by atoms with Crippen LogP contribution in [0, 0.1) is 6.92 Å². The van der Waals surface area contributed by atoms with Gasteiger partial charge in [-0.2, -0.15) is 0 Å². The minimum absolute atomic E-state index is 0.0124. The van der Waals surface area contributed by atoms with Crippen LogP contribution in [0.1, 0.15) is 23.0 Å². The number of hydrazine groups is 1. The third-order valence-corrected chi connectivity index (χ3v) is 5.41. The van der Waals surface area contributed by atoms with E-state index in [1.807, 2.05) is 13.8 Å². The Kier molecular flexibility index (Phi) is 6.68. The molecule has 0 atom stereocenters. The van der Waals surface area contributed by atoms with Crippen molar-refractivity contribution >= 4 is 55.9 Å². The van der Waals surface area contributed by atoms with Crippen LogP contribution in [0.15, 0.2) is 45.8 Å². The van der Waals surface area contributed by atoms with Gasteiger partial charge in [-0.25, -0.2) is 4.98 Å². The summed E-state index contributed by atoms with van der Waals surface area (Å²) in [5.41, 5.74) is 6.66. The highest BCUT2D eigenvalue weighted by Crippen LogP contribution is 2.19. The summed E-state index contributed by atoms with van der Waals surface area (Å²) in [6.07, 6.45) is 1.50. The van der Waals surface area contributed by atoms with E-state index in [1.165, 1.54) is 6.20 Å². The molecule has 0 bridgehead atoms. The number of carbonyl (C=O) groups excluding carboxylic acids is 1. The van der Waals surface area contributed by atoms with E-state index >= 15 is 0 Å². The number of pyridine rings is 2. The summed E-state index contributed by atoms with van der Waals surface area (Å²) in [5, 5.41) is 3.46. The Morgan fingerprint density at radius 1 is 1.27 bits per heavy atom. The molecule has 0 aliphatic carbocycles. The van der Waals surface area contributed by atoms with Crippen molar-refractivity contribution in [2.45, 2.75) is 20.4 Å². The summed E-state index contributed by atoms with van der Waals surface area (Å²) in [6, 6.07) is 8.81. The van der Waals surface area contributed by atoms with Gasteiger partial charge in [0.25, 0.3) is 5.91 Å². The number of aryl methyl sites for hydroxylation is 2. The van der Waals surface area contributed by atoms with Crippen LogP contribution in [0.3, 0.4) is 0 Å². The number of fused-ring (bicyclic) bond motifs is 1. The fraction of sp³-hybridized carbons (Fsp3) is 0.200. The summed E-state index contributed by atoms with van der Waals surface area (Å²) in [4.78, 5) is 30.0. The van der Waals surface area contributed by atoms with Crippen molar-refractivity contribution in [1.82, 2.24) is 20.4 Å². The van der Waals surface area contributed by atoms with Gasteiger partial charge in [0.05, 0.1) is 18.2 Å². The second kappa shape index (κ2) is 9.23. The van der Waals surface area contributed by atoms with Gasteiger partial charge in [0.1, 0.15) is 17.0 Å². The number of amides is 1. The van der Waals surface area contributed by atoms with Crippen molar-refractivity contribution in [2.75, 3.05) is 12.4 Å². The van der Waals surface area contributed by atoms with Crippen molar-refractivity contribution in [1.29, 1.82) is 0 Å². The monoisotopic (exact) mass is 489 g/mol. The van der Waals surface area contributed by atoms with Gasteiger partial charge in [0, 0.05) is 22.9 Å². The van der Waals surface area contributed by atoms with E-state index in [4.69, 9.17) is 17.0 Å². The van der Waals surface area contributed by atoms with Gasteiger partial charge < -0.3 is 14.6 Å². The maximum absolute atomic E-state index is 12.9. The number of hydrogen-bond donors (Lipinski definition) is 3. The number of nitrogens with zero attached hydrogens (tertiary/aromatic N) is 2. The second-order valence-electron chi connectivity index (χ2n) is 6.35. The van der Waals surface area contributed by atoms with Crippen LogP contribution < -0.4 is 26.3 Å². The molecule has 0 saturated heterocycles. The molecular formula is C20H20BrN5O3S. The highest BCUT2D eigenvalue weighted by Gasteiger charge is 2.17. The van der Waals surface area contributed by atoms with E-state index in [-0.39, 0.29) is 10.7 Å². The molecule has 0 fully saturated rings. The predicted molar refractivity (Wildman–Crippen MR) is 124 cm³/mol. The Morgan fingerprint density at radius 3 is 2.60 bits per heavy atom. The molecule has 3 rings (SSSR count). The summed E-state index contributed by atoms with van der Waals surface area (Å²) >= 11 is 8.58. The van der Waals surface area contributed by atoms with E-state index in [0.717, 1.165) is 5.69 Å². The van der Waals surface area contributed by atoms with Crippen molar-refractivity contribution in [3.63, 3.8) is 0 Å². The first-order chi connectivity index (χ1) is 14.3. The van der Waals surface area contributed by atoms with Crippen LogP contribution in [-0.4, -0.2) is 27.7 Å². The zero-order valence-corrected chi connectivity index (χ0v) is 19.0. The molecule has 0 aliphatic rings. The third kappa shape index (κ3) is 4.60. The Morgan fingerprint density at radius 2 is 1.97 bits per heavy atom. The Hall–Kier alpha value is -2.98. The fourth-order valence-corrected chi connectivity index (χ4v) is 3.28. The van der Waals surface area contributed by atoms with Crippen molar-refractivity contribution in [2.24, 2.45) is 0 Å². The smallest absolute Gasteiger partial charge is 0.275 e. The number of halogens is 1. The van der Waals surface area contributed by atoms with Crippen LogP contribution in [0.25, 0.3) is 11.0 Å². The SMILES string of the molecule is CCn1cc(C(=O)NNC(=S)Nc2ccc(OC)cc2)c(=O)c2cc(Br)c(C)nc21. The molecule has 0 saturated carbocycles. The van der Waals surface area contributed by atoms with Crippen LogP contribution >= 0.6 is 28.1 Å². The molecule has 0 unspecified atom stereocenters. The molecule has 8 nitrogen and oxygen atoms in total. The highest BCUT2D eigenvalue weighted by molar-refractivity contribution is 9.10. The third-order valence-electron chi connectivity index (χ3n) is 4.40. The molecular weight excluding hydrogens is 470 g/mol. The second-order valence-corrected chi connectivity index (χ2v) is 7.61. The molecule has 0 spiro atoms. The number of methoxy groups -OCH3 is 1. The first-order valence-electron chi connectivity index (χ1n) is 9.05. The zero-order chi connectivity index (χ0) is 21.8. The number of carbonyl (C=O) groups is 1. The van der Waals surface area contributed by atoms with E-state index in [9.17, 15) is 9.59 Å². The van der Waals surface area contributed by atoms with Crippen LogP contribution in [0.2, 0.25) is 0 Å². The van der Waals surface area contributed by atoms with Crippen molar-refractivity contribution in [3.05, 3.63) is 62.5 Å². The van der Waals surface area contributed by atoms with Crippen molar-refractivity contribution < 1.29 is 9.53 Å². The molecule has 3 N–H and O–H groups in total. The Balaban J connectivity index is 1.77. The fourth-order valence-electron chi connectivity index (χ4n) is 2.80. The lowest BCUT2D eigenvalue weighted by molar-refractivity contribution is 0.0942. The lowest BCUT2D eigenvalue weighted by atomic mass is 10.1. The normalized spacial score (nSPS) is 10.5. The van der Waals surface area contributed by atoms with Crippen LogP contribution in [0.5, 0.6) is 5.75 Å². The molecule has 0 aliphatic heterocycles. The molecule has 2 aromatic heterocycles. The standard InChI is InChI=1S/C20H20BrN5O3S/c1-4-26-10-15(17(27)14-9-16(21)11(2)22-18(14)26)19(28)24-25-20(30)23-12-5-7-13(29-3)8-6-12/h5-10H,4H2,1-3H3,(H,24,28)(H2,23,25,30). The molecule has 2 heterocycles. The van der Waals surface area contributed by atoms with Gasteiger partial charge in [-0.1, -0.05) is 0 Å². The first-order valence-corrected chi connectivity index (χ1v) is 10.3. The van der Waals surface area contributed by atoms with E-state index in [1.54, 1.807) is 42.0 Å². The molecule has 156 valence electrons. The summed E-state index contributed by atoms with van der Waals surface area (Å²) in [5.74, 6) is 0.118. The maximum Gasteiger partial charge on any atom is 0.275 e. The van der Waals surface area contributed by atoms with E-state index in [2.05, 4.69) is 37.1 Å². The summed E-state index contributed by atoms with van der Waals surface area (Å²) in [7, 11) is 1.58. The number of aromatic nitrogens is 2. The largest absolute Gasteiger partial charge is 0.497 e. The first kappa shape index (κ1) is 21.7. The number of anilines is 1. The predicted octanol–water partition coefficient (Wildman–Crippen LogP) is 3.13. The van der Waals surface area contributed by atoms with Crippen LogP contribution in [-0.2, 0) is 6.54 Å². The average molecular weight is 490 g/mol. The zero-order valence-electron chi connectivity index (χ0n) is 16.6. The minimum Gasteiger partial charge on any atom is -0.497 e. The minimum atomic E-state index is -0.598. The summed E-state index contributed by atoms with van der Waals surface area (Å²) in [6.45, 7) is 4.31. The Labute approximate surface area is 186 Å². The number of hydrogen-bond acceptors (Lipinski definition) is 5. The lowest BCUT2D eigenvalue weighted by Gasteiger charge is -2.14. The highest BCUT2D eigenvalue weighted by atomic mass is 79.9. The molecule has 0 radical (unpaired) electrons. The molecule has 1 amide bonds. The van der Waals surface area contributed by atoms with E-state index < -0.39 is 11.3 Å². The number of nitrogens with one attached hydrogen (secondary N) is 3. The number of benzene rings is 1. The number of rotatable bonds is 4. The van der Waals surface area contributed by atoms with Gasteiger partial charge in [0.15, 0.2) is 5.11 Å². The molecule has 1 aromatic carbocycles. The number of ether oxygens (including phenoxy) is 1. The molecule has 3 aromatic rings. The Bertz CT molecular complexity index is 1180. The van der Waals surface area contributed by atoms with Gasteiger partial charge in [0.2, 0.25) is 5.43 Å². The van der Waals surface area contributed by atoms with Gasteiger partial charge in [-0.15, -0.1) is 0 Å². The van der Waals surface area contributed by atoms with Crippen molar-refractivity contribution in [3.8, 4) is 5.75 Å². The van der Waals surface area contributed by atoms with Crippen LogP contribution in [0.4, 0.5) is 5.69 Å². The maximum atomic E-state index is 12.9. The van der Waals surface area contributed by atoms with E-state index in [0.29, 0.717) is 33.5 Å². The topological polar surface area (TPSA) is 97.3 Å². The molecule has 10 heteroatoms. The quantitative estimate of drug-likeness (QED) is 0.382.